The molecule has 2 aromatic carbocycles. The first-order valence-corrected chi connectivity index (χ1v) is 8.38. The van der Waals surface area contributed by atoms with Gasteiger partial charge in [0.05, 0.1) is 7.11 Å². The lowest BCUT2D eigenvalue weighted by Gasteiger charge is -2.36. The molecule has 0 saturated carbocycles. The topological polar surface area (TPSA) is 38.5 Å². The van der Waals surface area contributed by atoms with Crippen LogP contribution in [0.1, 0.15) is 23.5 Å². The minimum atomic E-state index is 0.204. The SMILES string of the molecule is COc1ccc(C2CC(N)CN(Cc3cccc(Cl)c3)C2)cc1. The van der Waals surface area contributed by atoms with Crippen LogP contribution in [0.15, 0.2) is 48.5 Å². The lowest BCUT2D eigenvalue weighted by atomic mass is 9.88. The van der Waals surface area contributed by atoms with Crippen LogP contribution in [-0.4, -0.2) is 31.1 Å². The highest BCUT2D eigenvalue weighted by Gasteiger charge is 2.26. The summed E-state index contributed by atoms with van der Waals surface area (Å²) in [6, 6.07) is 16.6. The molecule has 3 nitrogen and oxygen atoms in total. The number of halogens is 1. The molecule has 122 valence electrons. The van der Waals surface area contributed by atoms with E-state index in [1.165, 1.54) is 11.1 Å². The van der Waals surface area contributed by atoms with Crippen LogP contribution in [0.5, 0.6) is 5.75 Å². The standard InChI is InChI=1S/C19H23ClN2O/c1-23-19-7-5-15(6-8-19)16-10-18(21)13-22(12-16)11-14-3-2-4-17(20)9-14/h2-9,16,18H,10-13,21H2,1H3. The maximum absolute atomic E-state index is 6.30. The molecular formula is C19H23ClN2O. The third-order valence-electron chi connectivity index (χ3n) is 4.44. The van der Waals surface area contributed by atoms with E-state index in [0.29, 0.717) is 5.92 Å². The Morgan fingerprint density at radius 1 is 1.17 bits per heavy atom. The number of rotatable bonds is 4. The average Bonchev–Trinajstić information content (AvgIpc) is 2.54. The molecule has 4 heteroatoms. The molecule has 3 rings (SSSR count). The zero-order valence-electron chi connectivity index (χ0n) is 13.4. The van der Waals surface area contributed by atoms with Gasteiger partial charge in [-0.25, -0.2) is 0 Å². The second kappa shape index (κ2) is 7.35. The third-order valence-corrected chi connectivity index (χ3v) is 4.68. The molecule has 1 heterocycles. The Labute approximate surface area is 143 Å². The molecular weight excluding hydrogens is 308 g/mol. The van der Waals surface area contributed by atoms with E-state index in [9.17, 15) is 0 Å². The maximum Gasteiger partial charge on any atom is 0.118 e. The zero-order chi connectivity index (χ0) is 16.2. The Bertz CT molecular complexity index is 644. The lowest BCUT2D eigenvalue weighted by Crippen LogP contribution is -2.45. The van der Waals surface area contributed by atoms with Gasteiger partial charge in [0.1, 0.15) is 5.75 Å². The van der Waals surface area contributed by atoms with Crippen LogP contribution in [0, 0.1) is 0 Å². The fourth-order valence-corrected chi connectivity index (χ4v) is 3.59. The molecule has 23 heavy (non-hydrogen) atoms. The van der Waals surface area contributed by atoms with Crippen molar-refractivity contribution in [3.63, 3.8) is 0 Å². The average molecular weight is 331 g/mol. The summed E-state index contributed by atoms with van der Waals surface area (Å²) in [6.45, 7) is 2.84. The van der Waals surface area contributed by atoms with Crippen LogP contribution in [0.4, 0.5) is 0 Å². The van der Waals surface area contributed by atoms with E-state index in [-0.39, 0.29) is 6.04 Å². The Kier molecular flexibility index (Phi) is 5.21. The Hall–Kier alpha value is -1.55. The van der Waals surface area contributed by atoms with Gasteiger partial charge in [0, 0.05) is 30.7 Å². The van der Waals surface area contributed by atoms with E-state index >= 15 is 0 Å². The Morgan fingerprint density at radius 2 is 1.96 bits per heavy atom. The number of hydrogen-bond acceptors (Lipinski definition) is 3. The van der Waals surface area contributed by atoms with Crippen LogP contribution >= 0.6 is 11.6 Å². The summed E-state index contributed by atoms with van der Waals surface area (Å²) in [6.07, 6.45) is 1.03. The molecule has 0 radical (unpaired) electrons. The molecule has 1 aliphatic heterocycles. The lowest BCUT2D eigenvalue weighted by molar-refractivity contribution is 0.181. The Balaban J connectivity index is 1.70. The summed E-state index contributed by atoms with van der Waals surface area (Å²) in [5.41, 5.74) is 8.87. The minimum Gasteiger partial charge on any atom is -0.497 e. The monoisotopic (exact) mass is 330 g/mol. The highest BCUT2D eigenvalue weighted by Crippen LogP contribution is 2.28. The van der Waals surface area contributed by atoms with Gasteiger partial charge in [-0.2, -0.15) is 0 Å². The smallest absolute Gasteiger partial charge is 0.118 e. The first-order valence-electron chi connectivity index (χ1n) is 8.00. The van der Waals surface area contributed by atoms with Gasteiger partial charge in [-0.05, 0) is 47.7 Å². The van der Waals surface area contributed by atoms with Gasteiger partial charge in [0.15, 0.2) is 0 Å². The molecule has 2 N–H and O–H groups in total. The number of nitrogens with zero attached hydrogens (tertiary/aromatic N) is 1. The molecule has 0 aromatic heterocycles. The maximum atomic E-state index is 6.30. The number of piperidine rings is 1. The van der Waals surface area contributed by atoms with E-state index in [1.807, 2.05) is 30.3 Å². The second-order valence-corrected chi connectivity index (χ2v) is 6.73. The molecule has 2 unspecified atom stereocenters. The Morgan fingerprint density at radius 3 is 2.65 bits per heavy atom. The minimum absolute atomic E-state index is 0.204. The summed E-state index contributed by atoms with van der Waals surface area (Å²) in [7, 11) is 1.69. The third kappa shape index (κ3) is 4.25. The largest absolute Gasteiger partial charge is 0.497 e. The molecule has 1 aliphatic rings. The predicted molar refractivity (Wildman–Crippen MR) is 95.1 cm³/mol. The van der Waals surface area contributed by atoms with Gasteiger partial charge in [-0.1, -0.05) is 35.9 Å². The van der Waals surface area contributed by atoms with Crippen molar-refractivity contribution in [2.75, 3.05) is 20.2 Å². The summed E-state index contributed by atoms with van der Waals surface area (Å²) < 4.78 is 5.24. The summed E-state index contributed by atoms with van der Waals surface area (Å²) in [5.74, 6) is 1.36. The molecule has 2 aromatic rings. The van der Waals surface area contributed by atoms with Gasteiger partial charge in [0.2, 0.25) is 0 Å². The molecule has 1 saturated heterocycles. The predicted octanol–water partition coefficient (Wildman–Crippen LogP) is 3.67. The van der Waals surface area contributed by atoms with Crippen molar-refractivity contribution in [3.05, 3.63) is 64.7 Å². The van der Waals surface area contributed by atoms with Crippen LogP contribution < -0.4 is 10.5 Å². The second-order valence-electron chi connectivity index (χ2n) is 6.29. The number of methoxy groups -OCH3 is 1. The molecule has 0 amide bonds. The van der Waals surface area contributed by atoms with Gasteiger partial charge in [0.25, 0.3) is 0 Å². The van der Waals surface area contributed by atoms with Gasteiger partial charge in [-0.3, -0.25) is 4.90 Å². The fraction of sp³-hybridized carbons (Fsp3) is 0.368. The quantitative estimate of drug-likeness (QED) is 0.929. The van der Waals surface area contributed by atoms with Gasteiger partial charge < -0.3 is 10.5 Å². The van der Waals surface area contributed by atoms with E-state index in [2.05, 4.69) is 23.1 Å². The van der Waals surface area contributed by atoms with Crippen LogP contribution in [0.2, 0.25) is 5.02 Å². The van der Waals surface area contributed by atoms with E-state index in [1.54, 1.807) is 7.11 Å². The number of ether oxygens (including phenoxy) is 1. The molecule has 0 spiro atoms. The molecule has 0 bridgehead atoms. The van der Waals surface area contributed by atoms with E-state index < -0.39 is 0 Å². The first-order chi connectivity index (χ1) is 11.1. The van der Waals surface area contributed by atoms with Crippen LogP contribution in [-0.2, 0) is 6.54 Å². The van der Waals surface area contributed by atoms with Crippen molar-refractivity contribution >= 4 is 11.6 Å². The van der Waals surface area contributed by atoms with Crippen molar-refractivity contribution < 1.29 is 4.74 Å². The zero-order valence-corrected chi connectivity index (χ0v) is 14.2. The van der Waals surface area contributed by atoms with Crippen molar-refractivity contribution in [2.45, 2.75) is 24.9 Å². The first kappa shape index (κ1) is 16.3. The summed E-state index contributed by atoms with van der Waals surface area (Å²) >= 11 is 6.09. The highest BCUT2D eigenvalue weighted by molar-refractivity contribution is 6.30. The van der Waals surface area contributed by atoms with Crippen LogP contribution in [0.3, 0.4) is 0 Å². The fourth-order valence-electron chi connectivity index (χ4n) is 3.37. The summed E-state index contributed by atoms with van der Waals surface area (Å²) in [4.78, 5) is 2.43. The van der Waals surface area contributed by atoms with Crippen molar-refractivity contribution in [1.29, 1.82) is 0 Å². The molecule has 1 fully saturated rings. The number of benzene rings is 2. The van der Waals surface area contributed by atoms with Crippen molar-refractivity contribution in [1.82, 2.24) is 4.90 Å². The van der Waals surface area contributed by atoms with Crippen molar-refractivity contribution in [3.8, 4) is 5.75 Å². The van der Waals surface area contributed by atoms with E-state index in [4.69, 9.17) is 22.1 Å². The van der Waals surface area contributed by atoms with Crippen LogP contribution in [0.25, 0.3) is 0 Å². The van der Waals surface area contributed by atoms with Gasteiger partial charge in [-0.15, -0.1) is 0 Å². The van der Waals surface area contributed by atoms with Crippen molar-refractivity contribution in [2.24, 2.45) is 5.73 Å². The highest BCUT2D eigenvalue weighted by atomic mass is 35.5. The van der Waals surface area contributed by atoms with Gasteiger partial charge >= 0.3 is 0 Å². The molecule has 0 aliphatic carbocycles. The summed E-state index contributed by atoms with van der Waals surface area (Å²) in [5, 5.41) is 0.788. The molecule has 2 atom stereocenters. The number of nitrogens with two attached hydrogens (primary N) is 1. The van der Waals surface area contributed by atoms with E-state index in [0.717, 1.165) is 36.8 Å². The number of likely N-dealkylation sites (tertiary alicyclic amines) is 1. The normalized spacial score (nSPS) is 22.0. The number of hydrogen-bond donors (Lipinski definition) is 1.